The first-order chi connectivity index (χ1) is 11.1. The van der Waals surface area contributed by atoms with E-state index >= 15 is 0 Å². The average Bonchev–Trinajstić information content (AvgIpc) is 3.11. The molecule has 0 aromatic heterocycles. The molecule has 1 amide bonds. The second-order valence-electron chi connectivity index (χ2n) is 5.95. The number of ether oxygens (including phenoxy) is 1. The SMILES string of the molecule is O=C1O[C@]2(CCN(C(=O)c3ccc(O)cc3)C2)c2ccccc21. The minimum absolute atomic E-state index is 0.123. The summed E-state index contributed by atoms with van der Waals surface area (Å²) in [6, 6.07) is 13.5. The summed E-state index contributed by atoms with van der Waals surface area (Å²) < 4.78 is 5.64. The second kappa shape index (κ2) is 4.84. The van der Waals surface area contributed by atoms with Crippen molar-refractivity contribution in [3.05, 3.63) is 65.2 Å². The standard InChI is InChI=1S/C18H15NO4/c20-13-7-5-12(6-8-13)16(21)19-10-9-18(11-19)15-4-2-1-3-14(15)17(22)23-18/h1-8,20H,9-11H2/t18-/m0/s1. The molecule has 2 aromatic rings. The number of likely N-dealkylation sites (tertiary alicyclic amines) is 1. The number of fused-ring (bicyclic) bond motifs is 2. The number of hydrogen-bond donors (Lipinski definition) is 1. The first-order valence-electron chi connectivity index (χ1n) is 7.50. The van der Waals surface area contributed by atoms with Gasteiger partial charge in [-0.25, -0.2) is 4.79 Å². The van der Waals surface area contributed by atoms with E-state index in [1.807, 2.05) is 18.2 Å². The van der Waals surface area contributed by atoms with Crippen LogP contribution in [0.2, 0.25) is 0 Å². The van der Waals surface area contributed by atoms with Crippen LogP contribution in [0.5, 0.6) is 5.75 Å². The lowest BCUT2D eigenvalue weighted by molar-refractivity contribution is -0.00306. The molecule has 0 bridgehead atoms. The number of esters is 1. The van der Waals surface area contributed by atoms with Crippen LogP contribution in [-0.4, -0.2) is 35.0 Å². The van der Waals surface area contributed by atoms with Crippen molar-refractivity contribution in [2.75, 3.05) is 13.1 Å². The molecule has 1 N–H and O–H groups in total. The van der Waals surface area contributed by atoms with Crippen molar-refractivity contribution < 1.29 is 19.4 Å². The van der Waals surface area contributed by atoms with E-state index in [2.05, 4.69) is 0 Å². The van der Waals surface area contributed by atoms with Gasteiger partial charge in [-0.05, 0) is 30.3 Å². The molecule has 1 spiro atoms. The Balaban J connectivity index is 1.62. The van der Waals surface area contributed by atoms with Gasteiger partial charge in [-0.15, -0.1) is 0 Å². The van der Waals surface area contributed by atoms with Gasteiger partial charge in [0.2, 0.25) is 0 Å². The first-order valence-corrected chi connectivity index (χ1v) is 7.50. The Morgan fingerprint density at radius 3 is 2.65 bits per heavy atom. The Morgan fingerprint density at radius 1 is 1.13 bits per heavy atom. The molecule has 0 radical (unpaired) electrons. The van der Waals surface area contributed by atoms with E-state index in [0.717, 1.165) is 5.56 Å². The fourth-order valence-corrected chi connectivity index (χ4v) is 3.39. The molecule has 0 saturated carbocycles. The number of hydrogen-bond acceptors (Lipinski definition) is 4. The van der Waals surface area contributed by atoms with Gasteiger partial charge in [0.1, 0.15) is 5.75 Å². The van der Waals surface area contributed by atoms with Gasteiger partial charge in [0.05, 0.1) is 12.1 Å². The summed E-state index contributed by atoms with van der Waals surface area (Å²) in [5.41, 5.74) is 1.25. The lowest BCUT2D eigenvalue weighted by atomic mass is 9.91. The quantitative estimate of drug-likeness (QED) is 0.821. The summed E-state index contributed by atoms with van der Waals surface area (Å²) in [4.78, 5) is 26.3. The van der Waals surface area contributed by atoms with Crippen LogP contribution in [0, 0.1) is 0 Å². The van der Waals surface area contributed by atoms with Crippen molar-refractivity contribution in [1.29, 1.82) is 0 Å². The zero-order valence-electron chi connectivity index (χ0n) is 12.4. The zero-order chi connectivity index (χ0) is 16.0. The fraction of sp³-hybridized carbons (Fsp3) is 0.222. The van der Waals surface area contributed by atoms with Gasteiger partial charge >= 0.3 is 5.97 Å². The van der Waals surface area contributed by atoms with Gasteiger partial charge in [0, 0.05) is 24.1 Å². The van der Waals surface area contributed by atoms with E-state index < -0.39 is 5.60 Å². The number of carbonyl (C=O) groups is 2. The highest BCUT2D eigenvalue weighted by Gasteiger charge is 2.50. The van der Waals surface area contributed by atoms with Crippen LogP contribution in [0.15, 0.2) is 48.5 Å². The normalized spacial score (nSPS) is 22.3. The third-order valence-corrected chi connectivity index (χ3v) is 4.56. The highest BCUT2D eigenvalue weighted by Crippen LogP contribution is 2.43. The van der Waals surface area contributed by atoms with E-state index in [-0.39, 0.29) is 17.6 Å². The lowest BCUT2D eigenvalue weighted by Crippen LogP contribution is -2.34. The predicted molar refractivity (Wildman–Crippen MR) is 82.2 cm³/mol. The zero-order valence-corrected chi connectivity index (χ0v) is 12.4. The van der Waals surface area contributed by atoms with Gasteiger partial charge in [-0.2, -0.15) is 0 Å². The Kier molecular flexibility index (Phi) is 2.91. The molecule has 2 aliphatic heterocycles. The molecule has 1 atom stereocenters. The van der Waals surface area contributed by atoms with Gasteiger partial charge in [-0.1, -0.05) is 18.2 Å². The molecule has 5 heteroatoms. The van der Waals surface area contributed by atoms with Crippen LogP contribution in [-0.2, 0) is 10.3 Å². The topological polar surface area (TPSA) is 66.8 Å². The van der Waals surface area contributed by atoms with Gasteiger partial charge in [-0.3, -0.25) is 4.79 Å². The minimum atomic E-state index is -0.722. The van der Waals surface area contributed by atoms with E-state index in [1.165, 1.54) is 12.1 Å². The molecule has 4 rings (SSSR count). The molecule has 2 aromatic carbocycles. The largest absolute Gasteiger partial charge is 0.508 e. The molecule has 5 nitrogen and oxygen atoms in total. The van der Waals surface area contributed by atoms with Crippen molar-refractivity contribution in [1.82, 2.24) is 4.90 Å². The molecular weight excluding hydrogens is 294 g/mol. The maximum atomic E-state index is 12.6. The van der Waals surface area contributed by atoms with Crippen molar-refractivity contribution in [2.24, 2.45) is 0 Å². The summed E-state index contributed by atoms with van der Waals surface area (Å²) >= 11 is 0. The van der Waals surface area contributed by atoms with E-state index in [4.69, 9.17) is 4.74 Å². The number of phenolic OH excluding ortho intramolecular Hbond substituents is 1. The smallest absolute Gasteiger partial charge is 0.339 e. The number of benzene rings is 2. The van der Waals surface area contributed by atoms with Crippen molar-refractivity contribution in [3.8, 4) is 5.75 Å². The average molecular weight is 309 g/mol. The molecule has 2 heterocycles. The number of amides is 1. The number of aromatic hydroxyl groups is 1. The van der Waals surface area contributed by atoms with E-state index in [1.54, 1.807) is 23.1 Å². The lowest BCUT2D eigenvalue weighted by Gasteiger charge is -2.24. The molecule has 23 heavy (non-hydrogen) atoms. The van der Waals surface area contributed by atoms with Gasteiger partial charge < -0.3 is 14.7 Å². The monoisotopic (exact) mass is 309 g/mol. The number of nitrogens with zero attached hydrogens (tertiary/aromatic N) is 1. The number of carbonyl (C=O) groups excluding carboxylic acids is 2. The highest BCUT2D eigenvalue weighted by molar-refractivity contribution is 5.96. The van der Waals surface area contributed by atoms with Crippen molar-refractivity contribution in [3.63, 3.8) is 0 Å². The third-order valence-electron chi connectivity index (χ3n) is 4.56. The van der Waals surface area contributed by atoms with E-state index in [0.29, 0.717) is 30.6 Å². The van der Waals surface area contributed by atoms with Crippen LogP contribution in [0.4, 0.5) is 0 Å². The van der Waals surface area contributed by atoms with Crippen LogP contribution >= 0.6 is 0 Å². The van der Waals surface area contributed by atoms with Gasteiger partial charge in [0.25, 0.3) is 5.91 Å². The Bertz CT molecular complexity index is 799. The highest BCUT2D eigenvalue weighted by atomic mass is 16.6. The third kappa shape index (κ3) is 2.08. The molecule has 1 fully saturated rings. The molecule has 2 aliphatic rings. The second-order valence-corrected chi connectivity index (χ2v) is 5.95. The maximum absolute atomic E-state index is 12.6. The summed E-state index contributed by atoms with van der Waals surface area (Å²) in [5.74, 6) is -0.320. The molecule has 1 saturated heterocycles. The number of phenols is 1. The number of rotatable bonds is 1. The minimum Gasteiger partial charge on any atom is -0.508 e. The van der Waals surface area contributed by atoms with Crippen LogP contribution < -0.4 is 0 Å². The Morgan fingerprint density at radius 2 is 1.87 bits per heavy atom. The predicted octanol–water partition coefficient (Wildman–Crippen LogP) is 2.30. The summed E-state index contributed by atoms with van der Waals surface area (Å²) in [5, 5.41) is 9.33. The Hall–Kier alpha value is -2.82. The van der Waals surface area contributed by atoms with Crippen LogP contribution in [0.1, 0.15) is 32.7 Å². The summed E-state index contributed by atoms with van der Waals surface area (Å²) in [7, 11) is 0. The van der Waals surface area contributed by atoms with Crippen LogP contribution in [0.3, 0.4) is 0 Å². The molecule has 0 unspecified atom stereocenters. The molecule has 0 aliphatic carbocycles. The van der Waals surface area contributed by atoms with E-state index in [9.17, 15) is 14.7 Å². The summed E-state index contributed by atoms with van der Waals surface area (Å²) in [6.45, 7) is 0.886. The first kappa shape index (κ1) is 13.8. The molecule has 116 valence electrons. The Labute approximate surface area is 133 Å². The summed E-state index contributed by atoms with van der Waals surface area (Å²) in [6.07, 6.45) is 0.597. The van der Waals surface area contributed by atoms with Gasteiger partial charge in [0.15, 0.2) is 5.60 Å². The maximum Gasteiger partial charge on any atom is 0.339 e. The molecular formula is C18H15NO4. The van der Waals surface area contributed by atoms with Crippen molar-refractivity contribution in [2.45, 2.75) is 12.0 Å². The van der Waals surface area contributed by atoms with Crippen LogP contribution in [0.25, 0.3) is 0 Å². The van der Waals surface area contributed by atoms with Crippen molar-refractivity contribution >= 4 is 11.9 Å². The fourth-order valence-electron chi connectivity index (χ4n) is 3.39.